The summed E-state index contributed by atoms with van der Waals surface area (Å²) < 4.78 is 13.4. The monoisotopic (exact) mass is 245 g/mol. The van der Waals surface area contributed by atoms with E-state index in [4.69, 9.17) is 9.47 Å². The highest BCUT2D eigenvalue weighted by Crippen LogP contribution is 2.49. The van der Waals surface area contributed by atoms with Gasteiger partial charge in [-0.15, -0.1) is 10.2 Å². The lowest BCUT2D eigenvalue weighted by atomic mass is 9.63. The fraction of sp³-hybridized carbons (Fsp3) is 0.538. The van der Waals surface area contributed by atoms with Crippen molar-refractivity contribution in [2.45, 2.75) is 25.4 Å². The first kappa shape index (κ1) is 10.3. The van der Waals surface area contributed by atoms with Crippen molar-refractivity contribution < 1.29 is 9.47 Å². The van der Waals surface area contributed by atoms with Crippen LogP contribution in [0.2, 0.25) is 0 Å². The van der Waals surface area contributed by atoms with E-state index < -0.39 is 0 Å². The Kier molecular flexibility index (Phi) is 2.11. The van der Waals surface area contributed by atoms with Gasteiger partial charge in [0.2, 0.25) is 0 Å². The van der Waals surface area contributed by atoms with Crippen LogP contribution in [0, 0.1) is 5.41 Å². The Morgan fingerprint density at radius 2 is 2.44 bits per heavy atom. The van der Waals surface area contributed by atoms with Crippen LogP contribution in [0.3, 0.4) is 0 Å². The van der Waals surface area contributed by atoms with Crippen molar-refractivity contribution in [3.05, 3.63) is 24.7 Å². The van der Waals surface area contributed by atoms with Gasteiger partial charge in [-0.05, 0) is 25.3 Å². The fourth-order valence-corrected chi connectivity index (χ4v) is 2.99. The zero-order valence-electron chi connectivity index (χ0n) is 10.1. The molecule has 4 heterocycles. The molecule has 18 heavy (non-hydrogen) atoms. The molecule has 0 amide bonds. The maximum absolute atomic E-state index is 5.93. The molecular formula is C13H15N3O2. The van der Waals surface area contributed by atoms with E-state index in [1.54, 1.807) is 6.33 Å². The average molecular weight is 245 g/mol. The number of aromatic nitrogens is 3. The van der Waals surface area contributed by atoms with Gasteiger partial charge in [0, 0.05) is 24.3 Å². The van der Waals surface area contributed by atoms with Crippen molar-refractivity contribution in [3.63, 3.8) is 0 Å². The number of ether oxygens (including phenoxy) is 2. The number of hydrogen-bond donors (Lipinski definition) is 0. The summed E-state index contributed by atoms with van der Waals surface area (Å²) in [5.41, 5.74) is 1.19. The normalized spacial score (nSPS) is 30.1. The third-order valence-electron chi connectivity index (χ3n) is 4.12. The molecule has 2 saturated heterocycles. The van der Waals surface area contributed by atoms with Crippen molar-refractivity contribution in [3.8, 4) is 5.75 Å². The summed E-state index contributed by atoms with van der Waals surface area (Å²) in [4.78, 5) is 0. The molecular weight excluding hydrogens is 230 g/mol. The smallest absolute Gasteiger partial charge is 0.164 e. The molecule has 5 nitrogen and oxygen atoms in total. The van der Waals surface area contributed by atoms with E-state index in [1.807, 2.05) is 22.7 Å². The van der Waals surface area contributed by atoms with Gasteiger partial charge in [0.1, 0.15) is 12.1 Å². The summed E-state index contributed by atoms with van der Waals surface area (Å²) in [6.07, 6.45) is 7.53. The van der Waals surface area contributed by atoms with E-state index in [2.05, 4.69) is 10.2 Å². The minimum Gasteiger partial charge on any atom is -0.493 e. The maximum Gasteiger partial charge on any atom is 0.164 e. The van der Waals surface area contributed by atoms with Crippen molar-refractivity contribution in [2.24, 2.45) is 5.41 Å². The van der Waals surface area contributed by atoms with Gasteiger partial charge in [-0.2, -0.15) is 0 Å². The summed E-state index contributed by atoms with van der Waals surface area (Å²) in [5.74, 6) is 0.875. The first-order valence-electron chi connectivity index (χ1n) is 6.37. The second-order valence-electron chi connectivity index (χ2n) is 5.40. The Labute approximate surface area is 105 Å². The lowest BCUT2D eigenvalue weighted by molar-refractivity contribution is -0.160. The molecule has 3 aliphatic rings. The van der Waals surface area contributed by atoms with Gasteiger partial charge in [0.25, 0.3) is 0 Å². The van der Waals surface area contributed by atoms with Gasteiger partial charge in [0.15, 0.2) is 5.65 Å². The largest absolute Gasteiger partial charge is 0.493 e. The maximum atomic E-state index is 5.93. The minimum absolute atomic E-state index is 0.364. The Balaban J connectivity index is 1.48. The number of nitrogens with zero attached hydrogens (tertiary/aromatic N) is 3. The van der Waals surface area contributed by atoms with Crippen molar-refractivity contribution in [1.29, 1.82) is 0 Å². The predicted molar refractivity (Wildman–Crippen MR) is 64.5 cm³/mol. The van der Waals surface area contributed by atoms with E-state index in [-0.39, 0.29) is 0 Å². The van der Waals surface area contributed by atoms with Crippen molar-refractivity contribution in [2.75, 3.05) is 13.2 Å². The molecule has 2 aliphatic heterocycles. The van der Waals surface area contributed by atoms with Crippen LogP contribution in [-0.4, -0.2) is 33.9 Å². The summed E-state index contributed by atoms with van der Waals surface area (Å²) in [6, 6.07) is 3.89. The molecule has 0 N–H and O–H groups in total. The Morgan fingerprint density at radius 1 is 1.50 bits per heavy atom. The van der Waals surface area contributed by atoms with Crippen LogP contribution in [0.5, 0.6) is 5.75 Å². The van der Waals surface area contributed by atoms with Crippen LogP contribution in [0.25, 0.3) is 5.65 Å². The summed E-state index contributed by atoms with van der Waals surface area (Å²) in [7, 11) is 0. The van der Waals surface area contributed by atoms with Crippen LogP contribution in [0.1, 0.15) is 19.3 Å². The first-order chi connectivity index (χ1) is 8.83. The number of rotatable bonds is 3. The molecule has 2 aromatic rings. The highest BCUT2D eigenvalue weighted by Gasteiger charge is 2.48. The number of hydrogen-bond acceptors (Lipinski definition) is 4. The quantitative estimate of drug-likeness (QED) is 0.825. The second kappa shape index (κ2) is 3.68. The molecule has 1 aliphatic carbocycles. The van der Waals surface area contributed by atoms with E-state index in [0.29, 0.717) is 11.5 Å². The van der Waals surface area contributed by atoms with Crippen LogP contribution in [-0.2, 0) is 4.74 Å². The molecule has 0 spiro atoms. The Morgan fingerprint density at radius 3 is 3.28 bits per heavy atom. The molecule has 3 fully saturated rings. The number of fused-ring (bicyclic) bond motifs is 3. The van der Waals surface area contributed by atoms with Gasteiger partial charge >= 0.3 is 0 Å². The van der Waals surface area contributed by atoms with Gasteiger partial charge in [0.05, 0.1) is 12.7 Å². The van der Waals surface area contributed by atoms with Gasteiger partial charge in [-0.3, -0.25) is 4.40 Å². The van der Waals surface area contributed by atoms with E-state index in [1.165, 1.54) is 0 Å². The predicted octanol–water partition coefficient (Wildman–Crippen LogP) is 1.68. The third kappa shape index (κ3) is 1.58. The number of pyridine rings is 1. The summed E-state index contributed by atoms with van der Waals surface area (Å²) in [5, 5.41) is 7.87. The zero-order chi connectivity index (χ0) is 12.0. The molecule has 0 unspecified atom stereocenters. The summed E-state index contributed by atoms with van der Waals surface area (Å²) in [6.45, 7) is 1.68. The molecule has 94 valence electrons. The van der Waals surface area contributed by atoms with E-state index in [9.17, 15) is 0 Å². The van der Waals surface area contributed by atoms with E-state index in [0.717, 1.165) is 43.9 Å². The highest BCUT2D eigenvalue weighted by atomic mass is 16.5. The molecule has 5 heteroatoms. The molecule has 0 atom stereocenters. The van der Waals surface area contributed by atoms with Gasteiger partial charge < -0.3 is 9.47 Å². The zero-order valence-corrected chi connectivity index (χ0v) is 10.1. The van der Waals surface area contributed by atoms with Crippen LogP contribution in [0.15, 0.2) is 24.7 Å². The molecule has 0 aromatic carbocycles. The second-order valence-corrected chi connectivity index (χ2v) is 5.40. The molecule has 2 bridgehead atoms. The average Bonchev–Trinajstić information content (AvgIpc) is 2.83. The first-order valence-corrected chi connectivity index (χ1v) is 6.37. The van der Waals surface area contributed by atoms with Crippen LogP contribution >= 0.6 is 0 Å². The standard InChI is InChI=1S/C13H15N3O2/c1-3-16-9-14-15-12(16)5-10(1)18-8-13-2-4-17-11(6-13)7-13/h1,3,5,9,11H,2,4,6-8H2. The molecule has 0 radical (unpaired) electrons. The van der Waals surface area contributed by atoms with Gasteiger partial charge in [-0.25, -0.2) is 0 Å². The molecule has 2 aromatic heterocycles. The van der Waals surface area contributed by atoms with Crippen molar-refractivity contribution >= 4 is 5.65 Å². The third-order valence-corrected chi connectivity index (χ3v) is 4.12. The molecule has 1 saturated carbocycles. The summed E-state index contributed by atoms with van der Waals surface area (Å²) >= 11 is 0. The van der Waals surface area contributed by atoms with Crippen molar-refractivity contribution in [1.82, 2.24) is 14.6 Å². The SMILES string of the molecule is c1cn2cnnc2cc1OCC12CCOC(C1)C2. The van der Waals surface area contributed by atoms with Crippen LogP contribution < -0.4 is 4.74 Å². The molecule has 5 rings (SSSR count). The highest BCUT2D eigenvalue weighted by molar-refractivity contribution is 5.42. The fourth-order valence-electron chi connectivity index (χ4n) is 2.99. The Hall–Kier alpha value is -1.62. The lowest BCUT2D eigenvalue weighted by Gasteiger charge is -2.51. The van der Waals surface area contributed by atoms with Gasteiger partial charge in [-0.1, -0.05) is 0 Å². The van der Waals surface area contributed by atoms with E-state index >= 15 is 0 Å². The lowest BCUT2D eigenvalue weighted by Crippen LogP contribution is -2.51. The van der Waals surface area contributed by atoms with Crippen LogP contribution in [0.4, 0.5) is 0 Å². The Bertz CT molecular complexity index is 569. The minimum atomic E-state index is 0.364. The topological polar surface area (TPSA) is 48.7 Å².